The van der Waals surface area contributed by atoms with E-state index in [1.54, 1.807) is 6.08 Å². The minimum atomic E-state index is -0.0706. The maximum atomic E-state index is 11.9. The van der Waals surface area contributed by atoms with E-state index in [4.69, 9.17) is 0 Å². The van der Waals surface area contributed by atoms with E-state index in [1.807, 2.05) is 0 Å². The van der Waals surface area contributed by atoms with E-state index in [0.717, 1.165) is 6.42 Å². The van der Waals surface area contributed by atoms with Gasteiger partial charge in [-0.2, -0.15) is 0 Å². The Hall–Kier alpha value is -0.330. The first-order chi connectivity index (χ1) is 3.63. The summed E-state index contributed by atoms with van der Waals surface area (Å²) < 4.78 is 11.9. The van der Waals surface area contributed by atoms with Gasteiger partial charge in [-0.3, -0.25) is 0 Å². The first kappa shape index (κ1) is 7.67. The second-order valence-corrected chi connectivity index (χ2v) is 2.42. The van der Waals surface area contributed by atoms with Crippen LogP contribution < -0.4 is 0 Å². The molecule has 8 heavy (non-hydrogen) atoms. The van der Waals surface area contributed by atoms with Crippen LogP contribution in [0.4, 0.5) is 4.39 Å². The number of halogens is 1. The van der Waals surface area contributed by atoms with Gasteiger partial charge in [0.05, 0.1) is 5.83 Å². The minimum Gasteiger partial charge on any atom is -0.212 e. The van der Waals surface area contributed by atoms with Gasteiger partial charge in [0.15, 0.2) is 0 Å². The highest BCUT2D eigenvalue weighted by atomic mass is 19.1. The van der Waals surface area contributed by atoms with E-state index in [2.05, 4.69) is 13.8 Å². The standard InChI is InChI=1S/C7H13F/c1-6(2)4-5-7(3)8/h5-6H,4H2,1-3H3/b7-5+. The molecule has 0 bridgehead atoms. The molecule has 0 aromatic carbocycles. The Labute approximate surface area is 50.4 Å². The highest BCUT2D eigenvalue weighted by Crippen LogP contribution is 2.03. The molecule has 0 saturated heterocycles. The van der Waals surface area contributed by atoms with Crippen LogP contribution in [0.1, 0.15) is 27.2 Å². The molecule has 0 fully saturated rings. The summed E-state index contributed by atoms with van der Waals surface area (Å²) in [5.74, 6) is 0.499. The van der Waals surface area contributed by atoms with Crippen molar-refractivity contribution in [3.05, 3.63) is 11.9 Å². The van der Waals surface area contributed by atoms with Crippen molar-refractivity contribution in [1.82, 2.24) is 0 Å². The molecule has 1 heteroatoms. The molecule has 0 N–H and O–H groups in total. The van der Waals surface area contributed by atoms with Crippen LogP contribution in [0.15, 0.2) is 11.9 Å². The third-order valence-electron chi connectivity index (χ3n) is 0.871. The van der Waals surface area contributed by atoms with E-state index in [-0.39, 0.29) is 5.83 Å². The summed E-state index contributed by atoms with van der Waals surface area (Å²) in [5.41, 5.74) is 0. The van der Waals surface area contributed by atoms with Crippen molar-refractivity contribution in [1.29, 1.82) is 0 Å². The maximum Gasteiger partial charge on any atom is 0.0929 e. The van der Waals surface area contributed by atoms with Gasteiger partial charge in [-0.25, -0.2) is 4.39 Å². The lowest BCUT2D eigenvalue weighted by atomic mass is 10.1. The molecule has 0 aromatic heterocycles. The second kappa shape index (κ2) is 3.65. The van der Waals surface area contributed by atoms with Crippen LogP contribution in [0.3, 0.4) is 0 Å². The second-order valence-electron chi connectivity index (χ2n) is 2.42. The Morgan fingerprint density at radius 1 is 1.62 bits per heavy atom. The van der Waals surface area contributed by atoms with Crippen molar-refractivity contribution in [2.75, 3.05) is 0 Å². The molecule has 0 saturated carbocycles. The molecule has 0 aromatic rings. The molecule has 0 spiro atoms. The summed E-state index contributed by atoms with van der Waals surface area (Å²) in [4.78, 5) is 0. The average Bonchev–Trinajstić information content (AvgIpc) is 1.61. The number of allylic oxidation sites excluding steroid dienone is 2. The molecule has 0 aliphatic carbocycles. The first-order valence-corrected chi connectivity index (χ1v) is 2.95. The molecule has 0 aliphatic heterocycles. The summed E-state index contributed by atoms with van der Waals surface area (Å²) in [6, 6.07) is 0. The van der Waals surface area contributed by atoms with Gasteiger partial charge in [-0.15, -0.1) is 0 Å². The lowest BCUT2D eigenvalue weighted by Crippen LogP contribution is -1.81. The van der Waals surface area contributed by atoms with E-state index in [0.29, 0.717) is 5.92 Å². The summed E-state index contributed by atoms with van der Waals surface area (Å²) in [7, 11) is 0. The van der Waals surface area contributed by atoms with Crippen molar-refractivity contribution in [3.63, 3.8) is 0 Å². The van der Waals surface area contributed by atoms with Gasteiger partial charge >= 0.3 is 0 Å². The third-order valence-corrected chi connectivity index (χ3v) is 0.871. The average molecular weight is 116 g/mol. The SMILES string of the molecule is C/C(F)=C\CC(C)C. The molecule has 0 radical (unpaired) electrons. The molecular formula is C7H13F. The normalized spacial score (nSPS) is 12.9. The van der Waals surface area contributed by atoms with Crippen LogP contribution in [0.2, 0.25) is 0 Å². The molecule has 0 heterocycles. The van der Waals surface area contributed by atoms with Crippen LogP contribution in [0, 0.1) is 5.92 Å². The Morgan fingerprint density at radius 2 is 2.12 bits per heavy atom. The lowest BCUT2D eigenvalue weighted by molar-refractivity contribution is 0.605. The largest absolute Gasteiger partial charge is 0.212 e. The van der Waals surface area contributed by atoms with Crippen molar-refractivity contribution in [3.8, 4) is 0 Å². The van der Waals surface area contributed by atoms with Crippen LogP contribution in [0.5, 0.6) is 0 Å². The van der Waals surface area contributed by atoms with Gasteiger partial charge < -0.3 is 0 Å². The van der Waals surface area contributed by atoms with Crippen molar-refractivity contribution < 1.29 is 4.39 Å². The number of rotatable bonds is 2. The van der Waals surface area contributed by atoms with E-state index in [1.165, 1.54) is 6.92 Å². The quantitative estimate of drug-likeness (QED) is 0.520. The number of hydrogen-bond donors (Lipinski definition) is 0. The molecule has 0 nitrogen and oxygen atoms in total. The fraction of sp³-hybridized carbons (Fsp3) is 0.714. The maximum absolute atomic E-state index is 11.9. The van der Waals surface area contributed by atoms with Crippen LogP contribution in [-0.4, -0.2) is 0 Å². The van der Waals surface area contributed by atoms with Gasteiger partial charge in [-0.05, 0) is 19.3 Å². The van der Waals surface area contributed by atoms with E-state index < -0.39 is 0 Å². The van der Waals surface area contributed by atoms with Gasteiger partial charge in [0.1, 0.15) is 0 Å². The highest BCUT2D eigenvalue weighted by molar-refractivity contribution is 4.86. The van der Waals surface area contributed by atoms with Gasteiger partial charge in [0.25, 0.3) is 0 Å². The van der Waals surface area contributed by atoms with Crippen molar-refractivity contribution >= 4 is 0 Å². The molecular weight excluding hydrogens is 103 g/mol. The zero-order valence-corrected chi connectivity index (χ0v) is 5.74. The number of hydrogen-bond acceptors (Lipinski definition) is 0. The molecule has 0 aliphatic rings. The fourth-order valence-corrected chi connectivity index (χ4v) is 0.398. The predicted octanol–water partition coefficient (Wildman–Crippen LogP) is 2.91. The molecule has 0 atom stereocenters. The third kappa shape index (κ3) is 5.67. The van der Waals surface area contributed by atoms with Crippen LogP contribution >= 0.6 is 0 Å². The van der Waals surface area contributed by atoms with Crippen molar-refractivity contribution in [2.24, 2.45) is 5.92 Å². The van der Waals surface area contributed by atoms with Crippen LogP contribution in [0.25, 0.3) is 0 Å². The molecule has 0 rings (SSSR count). The summed E-state index contributed by atoms with van der Waals surface area (Å²) in [5, 5.41) is 0. The first-order valence-electron chi connectivity index (χ1n) is 2.95. The summed E-state index contributed by atoms with van der Waals surface area (Å²) in [6.07, 6.45) is 2.47. The Bertz CT molecular complexity index is 78.4. The van der Waals surface area contributed by atoms with Crippen molar-refractivity contribution in [2.45, 2.75) is 27.2 Å². The fourth-order valence-electron chi connectivity index (χ4n) is 0.398. The zero-order chi connectivity index (χ0) is 6.57. The Balaban J connectivity index is 3.29. The monoisotopic (exact) mass is 116 g/mol. The molecule has 0 unspecified atom stereocenters. The zero-order valence-electron chi connectivity index (χ0n) is 5.74. The van der Waals surface area contributed by atoms with E-state index in [9.17, 15) is 4.39 Å². The molecule has 0 amide bonds. The predicted molar refractivity (Wildman–Crippen MR) is 34.3 cm³/mol. The topological polar surface area (TPSA) is 0 Å². The highest BCUT2D eigenvalue weighted by Gasteiger charge is 1.88. The summed E-state index contributed by atoms with van der Waals surface area (Å²) in [6.45, 7) is 5.61. The van der Waals surface area contributed by atoms with Crippen LogP contribution in [-0.2, 0) is 0 Å². The van der Waals surface area contributed by atoms with Gasteiger partial charge in [0, 0.05) is 0 Å². The minimum absolute atomic E-state index is 0.0706. The van der Waals surface area contributed by atoms with Gasteiger partial charge in [0.2, 0.25) is 0 Å². The Kier molecular flexibility index (Phi) is 3.49. The van der Waals surface area contributed by atoms with Gasteiger partial charge in [-0.1, -0.05) is 19.9 Å². The van der Waals surface area contributed by atoms with E-state index >= 15 is 0 Å². The summed E-state index contributed by atoms with van der Waals surface area (Å²) >= 11 is 0. The smallest absolute Gasteiger partial charge is 0.0929 e. The lowest BCUT2D eigenvalue weighted by Gasteiger charge is -1.95. The Morgan fingerprint density at radius 3 is 2.25 bits per heavy atom. The molecule has 48 valence electrons.